The SMILES string of the molecule is CCc1nn(-c2cccc(C)c2C)c(Cl)c1C(=O)O. The molecule has 0 aliphatic heterocycles. The quantitative estimate of drug-likeness (QED) is 0.936. The number of carbonyl (C=O) groups is 1. The van der Waals surface area contributed by atoms with E-state index in [2.05, 4.69) is 5.10 Å². The predicted octanol–water partition coefficient (Wildman–Crippen LogP) is 3.40. The van der Waals surface area contributed by atoms with Gasteiger partial charge >= 0.3 is 5.97 Å². The van der Waals surface area contributed by atoms with Crippen molar-refractivity contribution in [2.75, 3.05) is 0 Å². The van der Waals surface area contributed by atoms with E-state index in [9.17, 15) is 9.90 Å². The van der Waals surface area contributed by atoms with Crippen LogP contribution in [0.4, 0.5) is 0 Å². The molecular formula is C14H15ClN2O2. The number of aromatic nitrogens is 2. The molecule has 0 atom stereocenters. The lowest BCUT2D eigenvalue weighted by Gasteiger charge is -2.09. The second-order valence-electron chi connectivity index (χ2n) is 4.40. The molecule has 0 unspecified atom stereocenters. The maximum Gasteiger partial charge on any atom is 0.340 e. The zero-order chi connectivity index (χ0) is 14.2. The highest BCUT2D eigenvalue weighted by Crippen LogP contribution is 2.26. The number of halogens is 1. The topological polar surface area (TPSA) is 55.1 Å². The summed E-state index contributed by atoms with van der Waals surface area (Å²) in [5.74, 6) is -1.04. The van der Waals surface area contributed by atoms with Crippen LogP contribution < -0.4 is 0 Å². The lowest BCUT2D eigenvalue weighted by molar-refractivity contribution is 0.0696. The molecule has 0 aliphatic carbocycles. The average molecular weight is 279 g/mol. The Morgan fingerprint density at radius 3 is 2.63 bits per heavy atom. The number of aromatic carboxylic acids is 1. The van der Waals surface area contributed by atoms with E-state index < -0.39 is 5.97 Å². The van der Waals surface area contributed by atoms with Crippen molar-refractivity contribution in [2.45, 2.75) is 27.2 Å². The maximum atomic E-state index is 11.3. The van der Waals surface area contributed by atoms with Gasteiger partial charge in [-0.1, -0.05) is 30.7 Å². The first-order valence-electron chi connectivity index (χ1n) is 6.04. The van der Waals surface area contributed by atoms with Crippen LogP contribution in [-0.2, 0) is 6.42 Å². The Hall–Kier alpha value is -1.81. The predicted molar refractivity (Wildman–Crippen MR) is 74.4 cm³/mol. The fourth-order valence-electron chi connectivity index (χ4n) is 2.02. The first kappa shape index (κ1) is 13.6. The monoisotopic (exact) mass is 278 g/mol. The van der Waals surface area contributed by atoms with Gasteiger partial charge in [0.1, 0.15) is 10.7 Å². The molecule has 2 aromatic rings. The summed E-state index contributed by atoms with van der Waals surface area (Å²) in [6.45, 7) is 5.82. The average Bonchev–Trinajstić information content (AvgIpc) is 2.70. The summed E-state index contributed by atoms with van der Waals surface area (Å²) in [5.41, 5.74) is 3.54. The van der Waals surface area contributed by atoms with E-state index in [4.69, 9.17) is 11.6 Å². The minimum absolute atomic E-state index is 0.0880. The number of nitrogens with zero attached hydrogens (tertiary/aromatic N) is 2. The van der Waals surface area contributed by atoms with Gasteiger partial charge in [-0.3, -0.25) is 0 Å². The zero-order valence-electron chi connectivity index (χ0n) is 11.1. The summed E-state index contributed by atoms with van der Waals surface area (Å²) in [4.78, 5) is 11.3. The first-order valence-corrected chi connectivity index (χ1v) is 6.42. The number of benzene rings is 1. The summed E-state index contributed by atoms with van der Waals surface area (Å²) in [7, 11) is 0. The van der Waals surface area contributed by atoms with Gasteiger partial charge in [-0.25, -0.2) is 9.48 Å². The Morgan fingerprint density at radius 1 is 1.42 bits per heavy atom. The van der Waals surface area contributed by atoms with Crippen molar-refractivity contribution in [3.63, 3.8) is 0 Å². The summed E-state index contributed by atoms with van der Waals surface area (Å²) in [6.07, 6.45) is 0.527. The maximum absolute atomic E-state index is 11.3. The largest absolute Gasteiger partial charge is 0.478 e. The van der Waals surface area contributed by atoms with Crippen LogP contribution in [0.2, 0.25) is 5.15 Å². The molecule has 0 aliphatic rings. The van der Waals surface area contributed by atoms with Crippen LogP contribution in [0.15, 0.2) is 18.2 Å². The van der Waals surface area contributed by atoms with Crippen molar-refractivity contribution in [3.8, 4) is 5.69 Å². The van der Waals surface area contributed by atoms with Gasteiger partial charge < -0.3 is 5.11 Å². The smallest absolute Gasteiger partial charge is 0.340 e. The van der Waals surface area contributed by atoms with Gasteiger partial charge in [0.2, 0.25) is 0 Å². The molecule has 0 saturated carbocycles. The van der Waals surface area contributed by atoms with Gasteiger partial charge in [0.15, 0.2) is 0 Å². The molecule has 1 aromatic heterocycles. The van der Waals surface area contributed by atoms with Crippen molar-refractivity contribution in [1.82, 2.24) is 9.78 Å². The van der Waals surface area contributed by atoms with Crippen molar-refractivity contribution < 1.29 is 9.90 Å². The molecule has 2 rings (SSSR count). The normalized spacial score (nSPS) is 10.7. The van der Waals surface area contributed by atoms with Gasteiger partial charge in [-0.2, -0.15) is 5.10 Å². The summed E-state index contributed by atoms with van der Waals surface area (Å²) in [6, 6.07) is 5.78. The van der Waals surface area contributed by atoms with E-state index in [1.165, 1.54) is 4.68 Å². The van der Waals surface area contributed by atoms with Crippen molar-refractivity contribution >= 4 is 17.6 Å². The van der Waals surface area contributed by atoms with E-state index >= 15 is 0 Å². The van der Waals surface area contributed by atoms with Gasteiger partial charge in [-0.15, -0.1) is 0 Å². The first-order chi connectivity index (χ1) is 8.97. The molecule has 0 saturated heterocycles. The lowest BCUT2D eigenvalue weighted by atomic mass is 10.1. The Labute approximate surface area is 116 Å². The molecule has 1 heterocycles. The number of hydrogen-bond donors (Lipinski definition) is 1. The van der Waals surface area contributed by atoms with Gasteiger partial charge in [0.25, 0.3) is 0 Å². The Bertz CT molecular complexity index is 647. The summed E-state index contributed by atoms with van der Waals surface area (Å²) >= 11 is 6.18. The minimum atomic E-state index is -1.04. The summed E-state index contributed by atoms with van der Waals surface area (Å²) < 4.78 is 1.51. The Balaban J connectivity index is 2.70. The third-order valence-corrected chi connectivity index (χ3v) is 3.60. The molecular weight excluding hydrogens is 264 g/mol. The molecule has 0 spiro atoms. The van der Waals surface area contributed by atoms with Crippen molar-refractivity contribution in [1.29, 1.82) is 0 Å². The van der Waals surface area contributed by atoms with E-state index in [-0.39, 0.29) is 10.7 Å². The van der Waals surface area contributed by atoms with Gasteiger partial charge in [0, 0.05) is 0 Å². The van der Waals surface area contributed by atoms with Crippen LogP contribution in [0, 0.1) is 13.8 Å². The molecule has 1 N–H and O–H groups in total. The number of hydrogen-bond acceptors (Lipinski definition) is 2. The lowest BCUT2D eigenvalue weighted by Crippen LogP contribution is -2.02. The highest BCUT2D eigenvalue weighted by Gasteiger charge is 2.22. The van der Waals surface area contributed by atoms with E-state index in [0.717, 1.165) is 16.8 Å². The van der Waals surface area contributed by atoms with E-state index in [1.54, 1.807) is 0 Å². The van der Waals surface area contributed by atoms with Gasteiger partial charge in [-0.05, 0) is 37.5 Å². The van der Waals surface area contributed by atoms with Crippen LogP contribution in [0.1, 0.15) is 34.1 Å². The molecule has 5 heteroatoms. The number of carboxylic acid groups (broad SMARTS) is 1. The van der Waals surface area contributed by atoms with Crippen molar-refractivity contribution in [3.05, 3.63) is 45.7 Å². The van der Waals surface area contributed by atoms with E-state index in [1.807, 2.05) is 39.0 Å². The third kappa shape index (κ3) is 2.24. The molecule has 0 fully saturated rings. The summed E-state index contributed by atoms with van der Waals surface area (Å²) in [5, 5.41) is 13.7. The highest BCUT2D eigenvalue weighted by atomic mass is 35.5. The Morgan fingerprint density at radius 2 is 2.11 bits per heavy atom. The second-order valence-corrected chi connectivity index (χ2v) is 4.76. The molecule has 1 aromatic carbocycles. The zero-order valence-corrected chi connectivity index (χ0v) is 11.8. The molecule has 0 amide bonds. The Kier molecular flexibility index (Phi) is 3.62. The highest BCUT2D eigenvalue weighted by molar-refractivity contribution is 6.33. The van der Waals surface area contributed by atoms with Crippen molar-refractivity contribution in [2.24, 2.45) is 0 Å². The molecule has 0 bridgehead atoms. The third-order valence-electron chi connectivity index (χ3n) is 3.25. The molecule has 0 radical (unpaired) electrons. The number of carboxylic acids is 1. The van der Waals surface area contributed by atoms with E-state index in [0.29, 0.717) is 12.1 Å². The van der Waals surface area contributed by atoms with Crippen LogP contribution in [0.3, 0.4) is 0 Å². The second kappa shape index (κ2) is 5.05. The van der Waals surface area contributed by atoms with Crippen LogP contribution in [0.5, 0.6) is 0 Å². The van der Waals surface area contributed by atoms with Crippen LogP contribution >= 0.6 is 11.6 Å². The molecule has 4 nitrogen and oxygen atoms in total. The number of aryl methyl sites for hydroxylation is 2. The van der Waals surface area contributed by atoms with Crippen LogP contribution in [-0.4, -0.2) is 20.9 Å². The minimum Gasteiger partial charge on any atom is -0.478 e. The number of rotatable bonds is 3. The van der Waals surface area contributed by atoms with Crippen LogP contribution in [0.25, 0.3) is 5.69 Å². The molecule has 100 valence electrons. The fraction of sp³-hybridized carbons (Fsp3) is 0.286. The fourth-order valence-corrected chi connectivity index (χ4v) is 2.34. The van der Waals surface area contributed by atoms with Gasteiger partial charge in [0.05, 0.1) is 11.4 Å². The standard InChI is InChI=1S/C14H15ClN2O2/c1-4-10-12(14(18)19)13(15)17(16-10)11-7-5-6-8(2)9(11)3/h5-7H,4H2,1-3H3,(H,18,19). The molecule has 19 heavy (non-hydrogen) atoms.